The highest BCUT2D eigenvalue weighted by Gasteiger charge is 2.32. The average Bonchev–Trinajstić information content (AvgIpc) is 2.70. The van der Waals surface area contributed by atoms with Gasteiger partial charge in [-0.15, -0.1) is 0 Å². The Bertz CT molecular complexity index is 706. The van der Waals surface area contributed by atoms with Gasteiger partial charge in [0.1, 0.15) is 0 Å². The number of nitrogens with zero attached hydrogens (tertiary/aromatic N) is 1. The van der Waals surface area contributed by atoms with Crippen LogP contribution in [0.2, 0.25) is 0 Å². The summed E-state index contributed by atoms with van der Waals surface area (Å²) in [4.78, 5) is 38.2. The molecule has 0 radical (unpaired) electrons. The number of anilines is 1. The normalized spacial score (nSPS) is 16.2. The molecule has 1 aliphatic heterocycles. The minimum Gasteiger partial charge on any atom is -0.490 e. The Morgan fingerprint density at radius 2 is 1.79 bits per heavy atom. The van der Waals surface area contributed by atoms with Gasteiger partial charge in [-0.25, -0.2) is 0 Å². The average molecular weight is 392 g/mol. The van der Waals surface area contributed by atoms with Crippen molar-refractivity contribution in [2.75, 3.05) is 38.2 Å². The maximum atomic E-state index is 12.5. The molecular weight excluding hydrogens is 364 g/mol. The molecular formula is C20H28N2O6. The number of ether oxygens (including phenoxy) is 3. The van der Waals surface area contributed by atoms with Crippen LogP contribution in [-0.4, -0.2) is 55.6 Å². The van der Waals surface area contributed by atoms with Crippen molar-refractivity contribution >= 4 is 23.5 Å². The number of piperidine rings is 1. The van der Waals surface area contributed by atoms with Crippen molar-refractivity contribution in [2.24, 2.45) is 5.92 Å². The third-order valence-corrected chi connectivity index (χ3v) is 4.32. The van der Waals surface area contributed by atoms with E-state index in [2.05, 4.69) is 5.32 Å². The maximum Gasteiger partial charge on any atom is 0.313 e. The van der Waals surface area contributed by atoms with Crippen LogP contribution in [0, 0.1) is 5.92 Å². The van der Waals surface area contributed by atoms with Crippen molar-refractivity contribution in [3.8, 4) is 11.5 Å². The zero-order valence-corrected chi connectivity index (χ0v) is 16.7. The fourth-order valence-electron chi connectivity index (χ4n) is 3.07. The molecule has 8 nitrogen and oxygen atoms in total. The topological polar surface area (TPSA) is 94.2 Å². The number of esters is 1. The van der Waals surface area contributed by atoms with Crippen molar-refractivity contribution in [3.63, 3.8) is 0 Å². The molecule has 1 fully saturated rings. The molecule has 28 heavy (non-hydrogen) atoms. The fourth-order valence-corrected chi connectivity index (χ4v) is 3.07. The summed E-state index contributed by atoms with van der Waals surface area (Å²) in [5.74, 6) is -1.07. The van der Waals surface area contributed by atoms with Crippen molar-refractivity contribution in [3.05, 3.63) is 18.2 Å². The largest absolute Gasteiger partial charge is 0.490 e. The van der Waals surface area contributed by atoms with Gasteiger partial charge in [-0.2, -0.15) is 0 Å². The highest BCUT2D eigenvalue weighted by molar-refractivity contribution is 6.39. The molecule has 1 unspecified atom stereocenters. The third-order valence-electron chi connectivity index (χ3n) is 4.32. The van der Waals surface area contributed by atoms with Crippen LogP contribution < -0.4 is 14.8 Å². The molecule has 1 aromatic carbocycles. The van der Waals surface area contributed by atoms with E-state index in [1.807, 2.05) is 13.8 Å². The summed E-state index contributed by atoms with van der Waals surface area (Å²) in [5.41, 5.74) is 0.434. The Balaban J connectivity index is 2.02. The van der Waals surface area contributed by atoms with Crippen LogP contribution >= 0.6 is 0 Å². The van der Waals surface area contributed by atoms with Gasteiger partial charge in [-0.3, -0.25) is 14.4 Å². The van der Waals surface area contributed by atoms with Crippen LogP contribution in [0.1, 0.15) is 33.6 Å². The quantitative estimate of drug-likeness (QED) is 0.565. The summed E-state index contributed by atoms with van der Waals surface area (Å²) in [6.07, 6.45) is 1.31. The summed E-state index contributed by atoms with van der Waals surface area (Å²) in [5, 5.41) is 2.59. The lowest BCUT2D eigenvalue weighted by Gasteiger charge is -2.31. The summed E-state index contributed by atoms with van der Waals surface area (Å²) in [6, 6.07) is 4.96. The molecule has 1 aliphatic rings. The molecule has 1 saturated heterocycles. The molecule has 2 rings (SSSR count). The summed E-state index contributed by atoms with van der Waals surface area (Å²) in [7, 11) is 0. The van der Waals surface area contributed by atoms with Crippen LogP contribution in [-0.2, 0) is 19.1 Å². The first kappa shape index (κ1) is 21.5. The van der Waals surface area contributed by atoms with E-state index in [9.17, 15) is 14.4 Å². The van der Waals surface area contributed by atoms with Gasteiger partial charge in [0.2, 0.25) is 0 Å². The second-order valence-electron chi connectivity index (χ2n) is 6.32. The van der Waals surface area contributed by atoms with Crippen LogP contribution in [0.25, 0.3) is 0 Å². The molecule has 1 N–H and O–H groups in total. The molecule has 8 heteroatoms. The highest BCUT2D eigenvalue weighted by atomic mass is 16.5. The van der Waals surface area contributed by atoms with E-state index in [4.69, 9.17) is 14.2 Å². The number of carbonyl (C=O) groups is 3. The van der Waals surface area contributed by atoms with Crippen molar-refractivity contribution in [1.82, 2.24) is 4.90 Å². The second kappa shape index (κ2) is 10.5. The van der Waals surface area contributed by atoms with Gasteiger partial charge in [0.25, 0.3) is 0 Å². The number of carbonyl (C=O) groups excluding carboxylic acids is 3. The number of benzene rings is 1. The number of hydrogen-bond donors (Lipinski definition) is 1. The SMILES string of the molecule is CCOC(=O)C1CCCN(C(=O)C(=O)Nc2ccc(OCC)c(OCC)c2)C1. The standard InChI is InChI=1S/C20H28N2O6/c1-4-26-16-10-9-15(12-17(16)27-5-2)21-18(23)19(24)22-11-7-8-14(13-22)20(25)28-6-3/h9-10,12,14H,4-8,11,13H2,1-3H3,(H,21,23). The van der Waals surface area contributed by atoms with Crippen LogP contribution in [0.15, 0.2) is 18.2 Å². The van der Waals surface area contributed by atoms with E-state index in [1.165, 1.54) is 4.90 Å². The van der Waals surface area contributed by atoms with Gasteiger partial charge in [-0.05, 0) is 45.7 Å². The minimum absolute atomic E-state index is 0.193. The Kier molecular flexibility index (Phi) is 8.10. The molecule has 1 aromatic rings. The second-order valence-corrected chi connectivity index (χ2v) is 6.32. The van der Waals surface area contributed by atoms with Gasteiger partial charge in [0.05, 0.1) is 25.7 Å². The Morgan fingerprint density at radius 1 is 1.07 bits per heavy atom. The predicted molar refractivity (Wildman–Crippen MR) is 103 cm³/mol. The lowest BCUT2D eigenvalue weighted by molar-refractivity contribution is -0.153. The lowest BCUT2D eigenvalue weighted by Crippen LogP contribution is -2.47. The first-order valence-electron chi connectivity index (χ1n) is 9.66. The van der Waals surface area contributed by atoms with E-state index in [0.717, 1.165) is 0 Å². The zero-order valence-electron chi connectivity index (χ0n) is 16.7. The number of nitrogens with one attached hydrogen (secondary N) is 1. The summed E-state index contributed by atoms with van der Waals surface area (Å²) >= 11 is 0. The number of hydrogen-bond acceptors (Lipinski definition) is 6. The van der Waals surface area contributed by atoms with Gasteiger partial charge in [0, 0.05) is 24.8 Å². The maximum absolute atomic E-state index is 12.5. The molecule has 1 atom stereocenters. The van der Waals surface area contributed by atoms with Crippen molar-refractivity contribution in [2.45, 2.75) is 33.6 Å². The van der Waals surface area contributed by atoms with E-state index in [0.29, 0.717) is 56.4 Å². The number of amides is 2. The molecule has 0 bridgehead atoms. The van der Waals surface area contributed by atoms with E-state index in [-0.39, 0.29) is 18.4 Å². The number of likely N-dealkylation sites (tertiary alicyclic amines) is 1. The molecule has 1 heterocycles. The van der Waals surface area contributed by atoms with Gasteiger partial charge >= 0.3 is 17.8 Å². The third kappa shape index (κ3) is 5.61. The monoisotopic (exact) mass is 392 g/mol. The van der Waals surface area contributed by atoms with Crippen LogP contribution in [0.3, 0.4) is 0 Å². The van der Waals surface area contributed by atoms with E-state index >= 15 is 0 Å². The molecule has 154 valence electrons. The van der Waals surface area contributed by atoms with Gasteiger partial charge in [0.15, 0.2) is 11.5 Å². The summed E-state index contributed by atoms with van der Waals surface area (Å²) in [6.45, 7) is 7.32. The first-order chi connectivity index (χ1) is 13.5. The van der Waals surface area contributed by atoms with Crippen molar-refractivity contribution in [1.29, 1.82) is 0 Å². The number of rotatable bonds is 7. The summed E-state index contributed by atoms with van der Waals surface area (Å²) < 4.78 is 16.0. The molecule has 2 amide bonds. The Hall–Kier alpha value is -2.77. The Labute approximate surface area is 165 Å². The van der Waals surface area contributed by atoms with E-state index < -0.39 is 11.8 Å². The molecule has 0 spiro atoms. The Morgan fingerprint density at radius 3 is 2.46 bits per heavy atom. The smallest absolute Gasteiger partial charge is 0.313 e. The van der Waals surface area contributed by atoms with Gasteiger partial charge < -0.3 is 24.4 Å². The predicted octanol–water partition coefficient (Wildman–Crippen LogP) is 2.22. The first-order valence-corrected chi connectivity index (χ1v) is 9.66. The lowest BCUT2D eigenvalue weighted by atomic mass is 9.98. The molecule has 0 aromatic heterocycles. The fraction of sp³-hybridized carbons (Fsp3) is 0.550. The van der Waals surface area contributed by atoms with Crippen LogP contribution in [0.4, 0.5) is 5.69 Å². The molecule has 0 saturated carbocycles. The molecule has 0 aliphatic carbocycles. The minimum atomic E-state index is -0.754. The van der Waals surface area contributed by atoms with Crippen molar-refractivity contribution < 1.29 is 28.6 Å². The zero-order chi connectivity index (χ0) is 20.5. The van der Waals surface area contributed by atoms with Gasteiger partial charge in [-0.1, -0.05) is 0 Å². The highest BCUT2D eigenvalue weighted by Crippen LogP contribution is 2.30. The van der Waals surface area contributed by atoms with E-state index in [1.54, 1.807) is 25.1 Å². The van der Waals surface area contributed by atoms with Crippen LogP contribution in [0.5, 0.6) is 11.5 Å².